The molecule has 1 aliphatic heterocycles. The van der Waals surface area contributed by atoms with Crippen LogP contribution in [0.1, 0.15) is 19.8 Å². The summed E-state index contributed by atoms with van der Waals surface area (Å²) in [6.45, 7) is 3.07. The summed E-state index contributed by atoms with van der Waals surface area (Å²) in [5, 5.41) is 3.16. The molecule has 9 heavy (non-hydrogen) atoms. The second-order valence-corrected chi connectivity index (χ2v) is 2.19. The number of rotatable bonds is 0. The average Bonchev–Trinajstić information content (AvgIpc) is 1.79. The molecule has 0 saturated carbocycles. The van der Waals surface area contributed by atoms with Crippen molar-refractivity contribution >= 4 is 6.21 Å². The Morgan fingerprint density at radius 3 is 3.44 bits per heavy atom. The fraction of sp³-hybridized carbons (Fsp3) is 0.571. The van der Waals surface area contributed by atoms with E-state index in [9.17, 15) is 0 Å². The van der Waals surface area contributed by atoms with Crippen LogP contribution in [0.25, 0.3) is 0 Å². The molecular formula is C7H12N2. The highest BCUT2D eigenvalue weighted by Crippen LogP contribution is 1.95. The molecule has 0 bridgehead atoms. The second-order valence-electron chi connectivity index (χ2n) is 2.19. The minimum absolute atomic E-state index is 1.06. The molecule has 0 fully saturated rings. The Kier molecular flexibility index (Phi) is 2.31. The molecule has 0 spiro atoms. The van der Waals surface area contributed by atoms with Gasteiger partial charge in [0.05, 0.1) is 5.70 Å². The minimum Gasteiger partial charge on any atom is -0.389 e. The normalized spacial score (nSPS) is 25.2. The Labute approximate surface area is 55.7 Å². The molecule has 0 atom stereocenters. The van der Waals surface area contributed by atoms with E-state index >= 15 is 0 Å². The number of hydrogen-bond acceptors (Lipinski definition) is 2. The van der Waals surface area contributed by atoms with Crippen molar-refractivity contribution in [3.8, 4) is 0 Å². The van der Waals surface area contributed by atoms with Crippen LogP contribution in [0.3, 0.4) is 0 Å². The first kappa shape index (κ1) is 6.33. The van der Waals surface area contributed by atoms with E-state index < -0.39 is 0 Å². The third kappa shape index (κ3) is 2.31. The number of hydrogen-bond donors (Lipinski definition) is 1. The lowest BCUT2D eigenvalue weighted by Crippen LogP contribution is -2.09. The quantitative estimate of drug-likeness (QED) is 0.517. The van der Waals surface area contributed by atoms with Crippen LogP contribution in [0.5, 0.6) is 0 Å². The van der Waals surface area contributed by atoms with Crippen LogP contribution in [0, 0.1) is 0 Å². The molecule has 1 rings (SSSR count). The van der Waals surface area contributed by atoms with Crippen molar-refractivity contribution in [1.82, 2.24) is 5.32 Å². The third-order valence-electron chi connectivity index (χ3n) is 1.26. The van der Waals surface area contributed by atoms with Gasteiger partial charge in [0.25, 0.3) is 0 Å². The molecule has 0 aromatic heterocycles. The SMILES string of the molecule is C/C1=C/NCCCC=N1. The lowest BCUT2D eigenvalue weighted by molar-refractivity contribution is 0.769. The largest absolute Gasteiger partial charge is 0.389 e. The molecule has 0 amide bonds. The molecule has 0 radical (unpaired) electrons. The summed E-state index contributed by atoms with van der Waals surface area (Å²) in [4.78, 5) is 4.16. The molecular weight excluding hydrogens is 112 g/mol. The van der Waals surface area contributed by atoms with Gasteiger partial charge in [0.15, 0.2) is 0 Å². The average molecular weight is 124 g/mol. The zero-order valence-corrected chi connectivity index (χ0v) is 5.72. The first-order valence-corrected chi connectivity index (χ1v) is 3.32. The van der Waals surface area contributed by atoms with Crippen LogP contribution in [0.4, 0.5) is 0 Å². The molecule has 2 nitrogen and oxygen atoms in total. The smallest absolute Gasteiger partial charge is 0.0525 e. The molecule has 1 aliphatic rings. The second kappa shape index (κ2) is 3.28. The summed E-state index contributed by atoms with van der Waals surface area (Å²) in [6.07, 6.45) is 6.22. The van der Waals surface area contributed by atoms with Crippen molar-refractivity contribution in [2.45, 2.75) is 19.8 Å². The predicted molar refractivity (Wildman–Crippen MR) is 39.5 cm³/mol. The summed E-state index contributed by atoms with van der Waals surface area (Å²) in [5.41, 5.74) is 1.06. The molecule has 0 aromatic carbocycles. The molecule has 2 heteroatoms. The lowest BCUT2D eigenvalue weighted by atomic mass is 10.3. The van der Waals surface area contributed by atoms with E-state index in [-0.39, 0.29) is 0 Å². The Balaban J connectivity index is 2.49. The van der Waals surface area contributed by atoms with Crippen LogP contribution in [0.2, 0.25) is 0 Å². The Hall–Kier alpha value is -0.790. The number of aliphatic imine (C=N–C) groups is 1. The van der Waals surface area contributed by atoms with Crippen molar-refractivity contribution in [3.05, 3.63) is 11.9 Å². The zero-order chi connectivity index (χ0) is 6.53. The summed E-state index contributed by atoms with van der Waals surface area (Å²) < 4.78 is 0. The zero-order valence-electron chi connectivity index (χ0n) is 5.72. The first-order chi connectivity index (χ1) is 4.39. The molecule has 0 saturated heterocycles. The van der Waals surface area contributed by atoms with E-state index in [1.54, 1.807) is 0 Å². The van der Waals surface area contributed by atoms with E-state index in [0.29, 0.717) is 0 Å². The third-order valence-corrected chi connectivity index (χ3v) is 1.26. The maximum Gasteiger partial charge on any atom is 0.0525 e. The monoisotopic (exact) mass is 124 g/mol. The lowest BCUT2D eigenvalue weighted by Gasteiger charge is -2.02. The molecule has 0 aliphatic carbocycles. The van der Waals surface area contributed by atoms with Crippen LogP contribution >= 0.6 is 0 Å². The van der Waals surface area contributed by atoms with E-state index in [4.69, 9.17) is 0 Å². The van der Waals surface area contributed by atoms with Gasteiger partial charge in [0.2, 0.25) is 0 Å². The van der Waals surface area contributed by atoms with Crippen molar-refractivity contribution in [3.63, 3.8) is 0 Å². The van der Waals surface area contributed by atoms with Crippen molar-refractivity contribution in [1.29, 1.82) is 0 Å². The number of nitrogens with one attached hydrogen (secondary N) is 1. The Bertz CT molecular complexity index is 136. The van der Waals surface area contributed by atoms with Gasteiger partial charge in [-0.05, 0) is 19.8 Å². The molecule has 0 unspecified atom stereocenters. The predicted octanol–water partition coefficient (Wildman–Crippen LogP) is 1.30. The van der Waals surface area contributed by atoms with Gasteiger partial charge in [-0.1, -0.05) is 0 Å². The first-order valence-electron chi connectivity index (χ1n) is 3.32. The molecule has 1 N–H and O–H groups in total. The van der Waals surface area contributed by atoms with Crippen LogP contribution in [-0.4, -0.2) is 12.8 Å². The van der Waals surface area contributed by atoms with Gasteiger partial charge >= 0.3 is 0 Å². The Morgan fingerprint density at radius 2 is 2.56 bits per heavy atom. The van der Waals surface area contributed by atoms with Gasteiger partial charge in [-0.25, -0.2) is 0 Å². The van der Waals surface area contributed by atoms with Crippen LogP contribution in [-0.2, 0) is 0 Å². The molecule has 50 valence electrons. The van der Waals surface area contributed by atoms with Crippen LogP contribution in [0.15, 0.2) is 16.9 Å². The molecule has 0 aromatic rings. The summed E-state index contributed by atoms with van der Waals surface area (Å²) in [7, 11) is 0. The van der Waals surface area contributed by atoms with E-state index in [1.165, 1.54) is 6.42 Å². The maximum atomic E-state index is 4.16. The number of nitrogens with zero attached hydrogens (tertiary/aromatic N) is 1. The maximum absolute atomic E-state index is 4.16. The van der Waals surface area contributed by atoms with Gasteiger partial charge < -0.3 is 5.32 Å². The summed E-state index contributed by atoms with van der Waals surface area (Å²) in [5.74, 6) is 0. The highest BCUT2D eigenvalue weighted by Gasteiger charge is 1.88. The topological polar surface area (TPSA) is 24.4 Å². The minimum atomic E-state index is 1.06. The summed E-state index contributed by atoms with van der Waals surface area (Å²) in [6, 6.07) is 0. The van der Waals surface area contributed by atoms with E-state index in [0.717, 1.165) is 18.7 Å². The fourth-order valence-electron chi connectivity index (χ4n) is 0.761. The van der Waals surface area contributed by atoms with Crippen molar-refractivity contribution in [2.24, 2.45) is 4.99 Å². The van der Waals surface area contributed by atoms with Gasteiger partial charge in [0.1, 0.15) is 0 Å². The standard InChI is InChI=1S/C7H12N2/c1-7-6-8-4-2-3-5-9-7/h5-6,8H,2-4H2,1H3/b7-6-,9-5?. The van der Waals surface area contributed by atoms with Crippen LogP contribution < -0.4 is 5.32 Å². The number of allylic oxidation sites excluding steroid dienone is 1. The van der Waals surface area contributed by atoms with E-state index in [2.05, 4.69) is 10.3 Å². The highest BCUT2D eigenvalue weighted by molar-refractivity contribution is 5.58. The van der Waals surface area contributed by atoms with Gasteiger partial charge in [-0.3, -0.25) is 4.99 Å². The van der Waals surface area contributed by atoms with Crippen molar-refractivity contribution in [2.75, 3.05) is 6.54 Å². The summed E-state index contributed by atoms with van der Waals surface area (Å²) >= 11 is 0. The van der Waals surface area contributed by atoms with Gasteiger partial charge in [-0.2, -0.15) is 0 Å². The Morgan fingerprint density at radius 1 is 1.67 bits per heavy atom. The fourth-order valence-corrected chi connectivity index (χ4v) is 0.761. The molecule has 1 heterocycles. The van der Waals surface area contributed by atoms with Gasteiger partial charge in [0, 0.05) is 19.0 Å². The van der Waals surface area contributed by atoms with E-state index in [1.807, 2.05) is 19.3 Å². The van der Waals surface area contributed by atoms with Gasteiger partial charge in [-0.15, -0.1) is 0 Å². The highest BCUT2D eigenvalue weighted by atomic mass is 14.9. The van der Waals surface area contributed by atoms with Crippen molar-refractivity contribution < 1.29 is 0 Å².